The van der Waals surface area contributed by atoms with E-state index in [9.17, 15) is 4.79 Å². The lowest BCUT2D eigenvalue weighted by atomic mass is 10.1. The molecule has 2 rings (SSSR count). The highest BCUT2D eigenvalue weighted by atomic mass is 16.1. The number of amidine groups is 1. The maximum atomic E-state index is 12.3. The number of carbonyl (C=O) groups is 1. The molecule has 27 heavy (non-hydrogen) atoms. The third-order valence-electron chi connectivity index (χ3n) is 4.69. The summed E-state index contributed by atoms with van der Waals surface area (Å²) in [5.74, 6) is 0.692. The smallest absolute Gasteiger partial charge is 0.203 e. The Morgan fingerprint density at radius 3 is 2.67 bits per heavy atom. The SMILES string of the molecule is C=C(N=C1CC[C@H](c2ccccc2)N1C)C(=O)/C=C/C/C(=C/C=N)C(=C)C. The summed E-state index contributed by atoms with van der Waals surface area (Å²) in [6.07, 6.45) is 8.53. The van der Waals surface area contributed by atoms with Gasteiger partial charge in [-0.25, -0.2) is 4.99 Å². The van der Waals surface area contributed by atoms with E-state index in [0.717, 1.165) is 29.8 Å². The zero-order valence-electron chi connectivity index (χ0n) is 16.1. The van der Waals surface area contributed by atoms with Crippen LogP contribution in [0.2, 0.25) is 0 Å². The Balaban J connectivity index is 2.00. The van der Waals surface area contributed by atoms with Gasteiger partial charge in [-0.3, -0.25) is 4.79 Å². The molecule has 1 aromatic carbocycles. The Hall–Kier alpha value is -3.01. The van der Waals surface area contributed by atoms with E-state index in [1.54, 1.807) is 12.2 Å². The van der Waals surface area contributed by atoms with Crippen molar-refractivity contribution >= 4 is 17.8 Å². The molecular formula is C23H27N3O. The van der Waals surface area contributed by atoms with Gasteiger partial charge in [0.25, 0.3) is 0 Å². The van der Waals surface area contributed by atoms with E-state index in [1.165, 1.54) is 17.9 Å². The number of rotatable bonds is 8. The molecule has 1 aliphatic rings. The molecule has 140 valence electrons. The molecule has 1 aromatic rings. The molecule has 0 amide bonds. The molecule has 0 aromatic heterocycles. The number of hydrogen-bond donors (Lipinski definition) is 1. The summed E-state index contributed by atoms with van der Waals surface area (Å²) in [5.41, 5.74) is 3.31. The minimum absolute atomic E-state index is 0.199. The molecule has 4 nitrogen and oxygen atoms in total. The van der Waals surface area contributed by atoms with Gasteiger partial charge in [-0.2, -0.15) is 0 Å². The number of nitrogens with zero attached hydrogens (tertiary/aromatic N) is 2. The Morgan fingerprint density at radius 2 is 2.04 bits per heavy atom. The van der Waals surface area contributed by atoms with Gasteiger partial charge in [-0.1, -0.05) is 55.1 Å². The fourth-order valence-corrected chi connectivity index (χ4v) is 3.10. The number of allylic oxidation sites excluding steroid dienone is 5. The van der Waals surface area contributed by atoms with Crippen molar-refractivity contribution in [3.63, 3.8) is 0 Å². The van der Waals surface area contributed by atoms with Crippen LogP contribution in [0.25, 0.3) is 0 Å². The van der Waals surface area contributed by atoms with E-state index < -0.39 is 0 Å². The normalized spacial score (nSPS) is 18.9. The molecule has 0 spiro atoms. The van der Waals surface area contributed by atoms with E-state index >= 15 is 0 Å². The van der Waals surface area contributed by atoms with Crippen molar-refractivity contribution in [1.82, 2.24) is 4.90 Å². The van der Waals surface area contributed by atoms with Crippen molar-refractivity contribution in [2.45, 2.75) is 32.2 Å². The van der Waals surface area contributed by atoms with Crippen LogP contribution in [0.15, 0.2) is 83.6 Å². The van der Waals surface area contributed by atoms with Gasteiger partial charge in [-0.05, 0) is 43.1 Å². The van der Waals surface area contributed by atoms with E-state index in [1.807, 2.05) is 32.2 Å². The third-order valence-corrected chi connectivity index (χ3v) is 4.69. The minimum Gasteiger partial charge on any atom is -0.356 e. The van der Waals surface area contributed by atoms with Gasteiger partial charge in [0.05, 0.1) is 6.04 Å². The summed E-state index contributed by atoms with van der Waals surface area (Å²) in [4.78, 5) is 18.9. The van der Waals surface area contributed by atoms with Crippen LogP contribution in [-0.2, 0) is 4.79 Å². The van der Waals surface area contributed by atoms with E-state index in [4.69, 9.17) is 5.41 Å². The van der Waals surface area contributed by atoms with Crippen molar-refractivity contribution in [3.05, 3.63) is 84.1 Å². The van der Waals surface area contributed by atoms with Crippen molar-refractivity contribution in [2.24, 2.45) is 4.99 Å². The number of aliphatic imine (C=N–C) groups is 1. The molecule has 1 N–H and O–H groups in total. The number of ketones is 1. The zero-order valence-corrected chi connectivity index (χ0v) is 16.1. The van der Waals surface area contributed by atoms with Crippen LogP contribution in [-0.4, -0.2) is 29.8 Å². The average molecular weight is 361 g/mol. The van der Waals surface area contributed by atoms with Crippen LogP contribution in [0, 0.1) is 5.41 Å². The Kier molecular flexibility index (Phi) is 7.24. The second kappa shape index (κ2) is 9.62. The van der Waals surface area contributed by atoms with Crippen molar-refractivity contribution in [1.29, 1.82) is 5.41 Å². The van der Waals surface area contributed by atoms with E-state index in [-0.39, 0.29) is 17.5 Å². The van der Waals surface area contributed by atoms with Crippen LogP contribution in [0.5, 0.6) is 0 Å². The highest BCUT2D eigenvalue weighted by molar-refractivity contribution is 6.05. The van der Waals surface area contributed by atoms with Crippen molar-refractivity contribution in [2.75, 3.05) is 7.05 Å². The van der Waals surface area contributed by atoms with Gasteiger partial charge in [0, 0.05) is 19.7 Å². The highest BCUT2D eigenvalue weighted by Crippen LogP contribution is 2.32. The topological polar surface area (TPSA) is 56.5 Å². The van der Waals surface area contributed by atoms with Gasteiger partial charge in [0.15, 0.2) is 0 Å². The lowest BCUT2D eigenvalue weighted by Gasteiger charge is -2.22. The fraction of sp³-hybridized carbons (Fsp3) is 0.261. The van der Waals surface area contributed by atoms with E-state index in [2.05, 4.69) is 35.2 Å². The molecular weight excluding hydrogens is 334 g/mol. The largest absolute Gasteiger partial charge is 0.356 e. The number of hydrogen-bond acceptors (Lipinski definition) is 3. The average Bonchev–Trinajstić information content (AvgIpc) is 3.01. The highest BCUT2D eigenvalue weighted by Gasteiger charge is 2.27. The molecule has 1 fully saturated rings. The lowest BCUT2D eigenvalue weighted by molar-refractivity contribution is -0.111. The summed E-state index contributed by atoms with van der Waals surface area (Å²) in [5, 5.41) is 7.17. The quantitative estimate of drug-likeness (QED) is 0.401. The van der Waals surface area contributed by atoms with Crippen molar-refractivity contribution < 1.29 is 4.79 Å². The Bertz CT molecular complexity index is 815. The molecule has 4 heteroatoms. The van der Waals surface area contributed by atoms with Crippen molar-refractivity contribution in [3.8, 4) is 0 Å². The first-order valence-electron chi connectivity index (χ1n) is 9.04. The molecule has 0 radical (unpaired) electrons. The monoisotopic (exact) mass is 361 g/mol. The minimum atomic E-state index is -0.199. The predicted molar refractivity (Wildman–Crippen MR) is 113 cm³/mol. The first-order valence-corrected chi connectivity index (χ1v) is 9.04. The molecule has 0 bridgehead atoms. The summed E-state index contributed by atoms with van der Waals surface area (Å²) in [6, 6.07) is 10.6. The molecule has 1 saturated heterocycles. The summed E-state index contributed by atoms with van der Waals surface area (Å²) in [7, 11) is 2.01. The molecule has 1 atom stereocenters. The van der Waals surface area contributed by atoms with Crippen LogP contribution >= 0.6 is 0 Å². The van der Waals surface area contributed by atoms with Gasteiger partial charge in [0.2, 0.25) is 5.78 Å². The first kappa shape index (κ1) is 20.3. The van der Waals surface area contributed by atoms with Gasteiger partial charge >= 0.3 is 0 Å². The maximum absolute atomic E-state index is 12.3. The van der Waals surface area contributed by atoms with Crippen LogP contribution in [0.1, 0.15) is 37.8 Å². The number of likely N-dealkylation sites (tertiary alicyclic amines) is 1. The second-order valence-corrected chi connectivity index (χ2v) is 6.66. The third kappa shape index (κ3) is 5.48. The number of benzene rings is 1. The summed E-state index contributed by atoms with van der Waals surface area (Å²) in [6.45, 7) is 9.60. The Morgan fingerprint density at radius 1 is 1.33 bits per heavy atom. The standard InChI is InChI=1S/C23H27N3O/c1-17(2)19(15-16-24)11-8-12-22(27)18(3)25-23-14-13-21(26(23)4)20-9-6-5-7-10-20/h5-10,12,15-16,21,24H,1,3,11,13-14H2,2,4H3/b12-8+,19-15-,24-16?,25-23?/t21-/m1/s1. The fourth-order valence-electron chi connectivity index (χ4n) is 3.10. The number of carbonyl (C=O) groups excluding carboxylic acids is 1. The van der Waals surface area contributed by atoms with Gasteiger partial charge in [0.1, 0.15) is 11.5 Å². The zero-order chi connectivity index (χ0) is 19.8. The Labute approximate surface area is 161 Å². The second-order valence-electron chi connectivity index (χ2n) is 6.66. The predicted octanol–water partition coefficient (Wildman–Crippen LogP) is 5.03. The lowest BCUT2D eigenvalue weighted by Crippen LogP contribution is -2.23. The first-order chi connectivity index (χ1) is 12.9. The summed E-state index contributed by atoms with van der Waals surface area (Å²) >= 11 is 0. The molecule has 1 aliphatic heterocycles. The molecule has 0 aliphatic carbocycles. The summed E-state index contributed by atoms with van der Waals surface area (Å²) < 4.78 is 0. The van der Waals surface area contributed by atoms with Crippen LogP contribution in [0.3, 0.4) is 0 Å². The number of nitrogens with one attached hydrogen (secondary N) is 1. The molecule has 1 heterocycles. The molecule has 0 saturated carbocycles. The van der Waals surface area contributed by atoms with E-state index in [0.29, 0.717) is 6.42 Å². The van der Waals surface area contributed by atoms with Gasteiger partial charge in [-0.15, -0.1) is 0 Å². The van der Waals surface area contributed by atoms with Crippen LogP contribution in [0.4, 0.5) is 0 Å². The maximum Gasteiger partial charge on any atom is 0.203 e. The van der Waals surface area contributed by atoms with Gasteiger partial charge < -0.3 is 10.3 Å². The molecule has 0 unspecified atom stereocenters. The van der Waals surface area contributed by atoms with Crippen LogP contribution < -0.4 is 0 Å².